The van der Waals surface area contributed by atoms with Gasteiger partial charge in [0.25, 0.3) is 0 Å². The van der Waals surface area contributed by atoms with Crippen molar-refractivity contribution in [3.63, 3.8) is 0 Å². The standard InChI is InChI=1S/C56H34N2S/c1-2-14-42-34(11-1)23-24-35-25-28-40(31-49(35)42)54-46-17-3-4-18-48(46)56(57-54)58-51-21-7-5-15-44(51)50-32-41-30-37(26-27-38(41)33-52(50)58)36-12-9-13-39(29-36)43-19-10-20-47-45-16-6-8-22-53(45)59-55(43)47/h1-33,57H/p+1. The number of para-hydroxylation sites is 1. The Morgan fingerprint density at radius 3 is 1.97 bits per heavy atom. The zero-order valence-corrected chi connectivity index (χ0v) is 32.8. The minimum absolute atomic E-state index is 1.21. The topological polar surface area (TPSA) is 21.5 Å². The highest BCUT2D eigenvalue weighted by Crippen LogP contribution is 2.41. The molecule has 12 aromatic rings. The van der Waals surface area contributed by atoms with Crippen LogP contribution in [0.4, 0.5) is 0 Å². The second-order valence-corrected chi connectivity index (χ2v) is 16.9. The van der Waals surface area contributed by atoms with Crippen molar-refractivity contribution in [1.82, 2.24) is 4.57 Å². The molecule has 2 nitrogen and oxygen atoms in total. The average molecular weight is 768 g/mol. The van der Waals surface area contributed by atoms with E-state index in [2.05, 4.69) is 210 Å². The molecule has 1 aliphatic rings. The van der Waals surface area contributed by atoms with E-state index in [1.807, 2.05) is 11.3 Å². The van der Waals surface area contributed by atoms with Gasteiger partial charge in [0, 0.05) is 36.5 Å². The summed E-state index contributed by atoms with van der Waals surface area (Å²) >= 11 is 1.89. The molecule has 13 rings (SSSR count). The summed E-state index contributed by atoms with van der Waals surface area (Å²) in [6.45, 7) is 0. The number of quaternary nitrogens is 1. The quantitative estimate of drug-likeness (QED) is 0.172. The maximum Gasteiger partial charge on any atom is 0.223 e. The Hall–Kier alpha value is -7.30. The van der Waals surface area contributed by atoms with E-state index < -0.39 is 0 Å². The van der Waals surface area contributed by atoms with E-state index in [-0.39, 0.29) is 0 Å². The molecular weight excluding hydrogens is 733 g/mol. The lowest BCUT2D eigenvalue weighted by atomic mass is 9.96. The zero-order chi connectivity index (χ0) is 38.6. The van der Waals surface area contributed by atoms with Gasteiger partial charge in [-0.25, -0.2) is 0 Å². The van der Waals surface area contributed by atoms with E-state index in [0.717, 1.165) is 0 Å². The SMILES string of the molecule is c1cc(-c2ccc3cc4c(cc3c2)c2ccccc2n4C2=c3ccccc3=C(c3ccc4ccc5ccccc5c4c3)[NH2+]2)cc(-c2cccc3c2sc2ccccc23)c1. The van der Waals surface area contributed by atoms with Gasteiger partial charge in [-0.3, -0.25) is 9.88 Å². The molecule has 0 radical (unpaired) electrons. The van der Waals surface area contributed by atoms with Crippen LogP contribution in [0.3, 0.4) is 0 Å². The summed E-state index contributed by atoms with van der Waals surface area (Å²) in [7, 11) is 0. The van der Waals surface area contributed by atoms with Crippen molar-refractivity contribution in [2.45, 2.75) is 0 Å². The molecule has 3 heterocycles. The summed E-state index contributed by atoms with van der Waals surface area (Å²) in [5.74, 6) is 1.21. The van der Waals surface area contributed by atoms with Crippen molar-refractivity contribution in [1.29, 1.82) is 0 Å². The van der Waals surface area contributed by atoms with E-state index in [1.54, 1.807) is 0 Å². The number of hydrogen-bond donors (Lipinski definition) is 1. The first kappa shape index (κ1) is 32.8. The van der Waals surface area contributed by atoms with Crippen molar-refractivity contribution in [3.05, 3.63) is 216 Å². The fourth-order valence-corrected chi connectivity index (χ4v) is 11.1. The summed E-state index contributed by atoms with van der Waals surface area (Å²) < 4.78 is 5.18. The summed E-state index contributed by atoms with van der Waals surface area (Å²) in [6.07, 6.45) is 0. The van der Waals surface area contributed by atoms with Crippen molar-refractivity contribution >= 4 is 97.2 Å². The highest BCUT2D eigenvalue weighted by Gasteiger charge is 2.25. The third-order valence-corrected chi connectivity index (χ3v) is 13.8. The fourth-order valence-electron chi connectivity index (χ4n) is 9.82. The molecule has 59 heavy (non-hydrogen) atoms. The molecule has 0 fully saturated rings. The monoisotopic (exact) mass is 767 g/mol. The number of nitrogens with zero attached hydrogens (tertiary/aromatic N) is 1. The number of nitrogens with two attached hydrogens (primary N) is 1. The smallest absolute Gasteiger partial charge is 0.223 e. The van der Waals surface area contributed by atoms with Crippen LogP contribution in [0, 0.1) is 0 Å². The van der Waals surface area contributed by atoms with Crippen LogP contribution in [-0.4, -0.2) is 4.57 Å². The number of aromatic nitrogens is 1. The Bertz CT molecular complexity index is 3880. The molecule has 2 N–H and O–H groups in total. The molecule has 10 aromatic carbocycles. The zero-order valence-electron chi connectivity index (χ0n) is 32.0. The number of rotatable bonds is 4. The van der Waals surface area contributed by atoms with Crippen molar-refractivity contribution < 1.29 is 5.32 Å². The lowest BCUT2D eigenvalue weighted by Gasteiger charge is -2.11. The van der Waals surface area contributed by atoms with Gasteiger partial charge in [-0.15, -0.1) is 11.3 Å². The minimum Gasteiger partial charge on any atom is -0.265 e. The van der Waals surface area contributed by atoms with Crippen LogP contribution >= 0.6 is 11.3 Å². The van der Waals surface area contributed by atoms with Crippen LogP contribution in [0.5, 0.6) is 0 Å². The largest absolute Gasteiger partial charge is 0.265 e. The number of thiophene rings is 1. The highest BCUT2D eigenvalue weighted by atomic mass is 32.1. The van der Waals surface area contributed by atoms with Gasteiger partial charge in [-0.2, -0.15) is 0 Å². The van der Waals surface area contributed by atoms with Gasteiger partial charge in [-0.05, 0) is 115 Å². The molecule has 1 aliphatic heterocycles. The summed E-state index contributed by atoms with van der Waals surface area (Å²) in [4.78, 5) is 0. The number of hydrogen-bond acceptors (Lipinski definition) is 1. The van der Waals surface area contributed by atoms with E-state index in [4.69, 9.17) is 0 Å². The lowest BCUT2D eigenvalue weighted by Crippen LogP contribution is -2.79. The van der Waals surface area contributed by atoms with Crippen LogP contribution < -0.4 is 15.8 Å². The number of fused-ring (bicyclic) bond motifs is 11. The van der Waals surface area contributed by atoms with Gasteiger partial charge in [0.05, 0.1) is 21.5 Å². The molecular formula is C56H35N2S+. The maximum absolute atomic E-state index is 2.50. The van der Waals surface area contributed by atoms with Crippen LogP contribution in [0.15, 0.2) is 200 Å². The molecule has 0 amide bonds. The Kier molecular flexibility index (Phi) is 6.99. The molecule has 0 unspecified atom stereocenters. The van der Waals surface area contributed by atoms with E-state index in [9.17, 15) is 0 Å². The third-order valence-electron chi connectivity index (χ3n) is 12.6. The van der Waals surface area contributed by atoms with Crippen LogP contribution in [0.2, 0.25) is 0 Å². The summed E-state index contributed by atoms with van der Waals surface area (Å²) in [5, 5.41) is 17.7. The van der Waals surface area contributed by atoms with Gasteiger partial charge in [0.2, 0.25) is 5.82 Å². The third kappa shape index (κ3) is 4.96. The molecule has 3 heteroatoms. The molecule has 0 aliphatic carbocycles. The Morgan fingerprint density at radius 1 is 0.356 bits per heavy atom. The molecule has 0 spiro atoms. The molecule has 0 bridgehead atoms. The first-order valence-electron chi connectivity index (χ1n) is 20.3. The normalized spacial score (nSPS) is 12.9. The Labute approximate surface area is 343 Å². The van der Waals surface area contributed by atoms with E-state index in [0.29, 0.717) is 0 Å². The van der Waals surface area contributed by atoms with Crippen molar-refractivity contribution in [2.24, 2.45) is 0 Å². The second kappa shape index (κ2) is 12.6. The highest BCUT2D eigenvalue weighted by molar-refractivity contribution is 7.26. The van der Waals surface area contributed by atoms with Gasteiger partial charge < -0.3 is 0 Å². The van der Waals surface area contributed by atoms with Gasteiger partial charge >= 0.3 is 0 Å². The first-order chi connectivity index (χ1) is 29.2. The van der Waals surface area contributed by atoms with E-state index in [1.165, 1.54) is 124 Å². The molecule has 0 atom stereocenters. The van der Waals surface area contributed by atoms with Crippen LogP contribution in [0.1, 0.15) is 5.56 Å². The second-order valence-electron chi connectivity index (χ2n) is 15.9. The van der Waals surface area contributed by atoms with Crippen LogP contribution in [-0.2, 0) is 0 Å². The minimum atomic E-state index is 1.21. The van der Waals surface area contributed by atoms with Crippen molar-refractivity contribution in [3.8, 4) is 22.3 Å². The Morgan fingerprint density at radius 2 is 1.03 bits per heavy atom. The summed E-state index contributed by atoms with van der Waals surface area (Å²) in [6, 6.07) is 74.3. The molecule has 0 saturated heterocycles. The molecule has 274 valence electrons. The number of benzene rings is 10. The van der Waals surface area contributed by atoms with E-state index >= 15 is 0 Å². The predicted octanol–water partition coefficient (Wildman–Crippen LogP) is 12.3. The van der Waals surface area contributed by atoms with Gasteiger partial charge in [0.1, 0.15) is 0 Å². The van der Waals surface area contributed by atoms with Gasteiger partial charge in [0.15, 0.2) is 5.70 Å². The summed E-state index contributed by atoms with van der Waals surface area (Å²) in [5.41, 5.74) is 9.91. The molecule has 2 aromatic heterocycles. The average Bonchev–Trinajstić information content (AvgIpc) is 3.97. The predicted molar refractivity (Wildman–Crippen MR) is 251 cm³/mol. The Balaban J connectivity index is 0.952. The molecule has 0 saturated carbocycles. The lowest BCUT2D eigenvalue weighted by molar-refractivity contribution is -0.465. The fraction of sp³-hybridized carbons (Fsp3) is 0. The first-order valence-corrected chi connectivity index (χ1v) is 21.1. The van der Waals surface area contributed by atoms with Crippen LogP contribution in [0.25, 0.3) is 108 Å². The van der Waals surface area contributed by atoms with Crippen molar-refractivity contribution in [2.75, 3.05) is 0 Å². The maximum atomic E-state index is 2.50. The van der Waals surface area contributed by atoms with Gasteiger partial charge in [-0.1, -0.05) is 140 Å².